The number of hydrogen-bond donors (Lipinski definition) is 2. The number of carbonyl (C=O) groups excluding carboxylic acids is 2. The summed E-state index contributed by atoms with van der Waals surface area (Å²) in [4.78, 5) is 30.8. The van der Waals surface area contributed by atoms with Crippen LogP contribution in [-0.2, 0) is 0 Å². The highest BCUT2D eigenvalue weighted by atomic mass is 16.2. The molecule has 0 radical (unpaired) electrons. The number of carbonyl (C=O) groups is 2. The van der Waals surface area contributed by atoms with Gasteiger partial charge in [0.2, 0.25) is 0 Å². The van der Waals surface area contributed by atoms with Crippen molar-refractivity contribution in [2.24, 2.45) is 0 Å². The van der Waals surface area contributed by atoms with E-state index in [1.54, 1.807) is 36.5 Å². The summed E-state index contributed by atoms with van der Waals surface area (Å²) in [6, 6.07) is 8.89. The SMILES string of the molecule is CC[C@H](c1cccnc1)N(C)C(=O)Nc1cc(C(=O)NC(C)C)ccc1C. The van der Waals surface area contributed by atoms with Gasteiger partial charge in [0.15, 0.2) is 0 Å². The van der Waals surface area contributed by atoms with Gasteiger partial charge in [-0.3, -0.25) is 9.78 Å². The number of nitrogens with one attached hydrogen (secondary N) is 2. The zero-order chi connectivity index (χ0) is 20.0. The summed E-state index contributed by atoms with van der Waals surface area (Å²) in [5.41, 5.74) is 3.03. The first-order valence-corrected chi connectivity index (χ1v) is 9.18. The van der Waals surface area contributed by atoms with Gasteiger partial charge >= 0.3 is 6.03 Å². The molecule has 1 aromatic carbocycles. The highest BCUT2D eigenvalue weighted by Gasteiger charge is 2.21. The average Bonchev–Trinajstić information content (AvgIpc) is 2.64. The summed E-state index contributed by atoms with van der Waals surface area (Å²) in [7, 11) is 1.77. The van der Waals surface area contributed by atoms with E-state index in [4.69, 9.17) is 0 Å². The molecule has 0 aliphatic carbocycles. The van der Waals surface area contributed by atoms with E-state index in [9.17, 15) is 9.59 Å². The van der Waals surface area contributed by atoms with E-state index in [1.807, 2.05) is 45.9 Å². The Labute approximate surface area is 161 Å². The molecule has 2 aromatic rings. The zero-order valence-electron chi connectivity index (χ0n) is 16.6. The van der Waals surface area contributed by atoms with Crippen molar-refractivity contribution in [3.63, 3.8) is 0 Å². The summed E-state index contributed by atoms with van der Waals surface area (Å²) in [6.07, 6.45) is 4.26. The van der Waals surface area contributed by atoms with E-state index in [1.165, 1.54) is 0 Å². The van der Waals surface area contributed by atoms with E-state index >= 15 is 0 Å². The highest BCUT2D eigenvalue weighted by Crippen LogP contribution is 2.24. The third-order valence-electron chi connectivity index (χ3n) is 4.40. The van der Waals surface area contributed by atoms with Gasteiger partial charge in [0.05, 0.1) is 6.04 Å². The van der Waals surface area contributed by atoms with Crippen molar-refractivity contribution in [1.82, 2.24) is 15.2 Å². The molecule has 2 rings (SSSR count). The first-order valence-electron chi connectivity index (χ1n) is 9.18. The molecule has 0 saturated heterocycles. The predicted octanol–water partition coefficient (Wildman–Crippen LogP) is 4.14. The van der Waals surface area contributed by atoms with Gasteiger partial charge in [-0.25, -0.2) is 4.79 Å². The molecular formula is C21H28N4O2. The third kappa shape index (κ3) is 5.29. The van der Waals surface area contributed by atoms with Crippen LogP contribution in [0.5, 0.6) is 0 Å². The maximum absolute atomic E-state index is 12.8. The topological polar surface area (TPSA) is 74.3 Å². The van der Waals surface area contributed by atoms with Gasteiger partial charge in [-0.15, -0.1) is 0 Å². The van der Waals surface area contributed by atoms with Gasteiger partial charge in [0.1, 0.15) is 0 Å². The number of amides is 3. The fourth-order valence-electron chi connectivity index (χ4n) is 2.89. The lowest BCUT2D eigenvalue weighted by Gasteiger charge is -2.28. The number of hydrogen-bond acceptors (Lipinski definition) is 3. The molecule has 1 heterocycles. The lowest BCUT2D eigenvalue weighted by atomic mass is 10.1. The summed E-state index contributed by atoms with van der Waals surface area (Å²) < 4.78 is 0. The van der Waals surface area contributed by atoms with E-state index < -0.39 is 0 Å². The predicted molar refractivity (Wildman–Crippen MR) is 108 cm³/mol. The van der Waals surface area contributed by atoms with Gasteiger partial charge in [-0.1, -0.05) is 19.1 Å². The Balaban J connectivity index is 2.17. The summed E-state index contributed by atoms with van der Waals surface area (Å²) in [5, 5.41) is 5.79. The minimum atomic E-state index is -0.227. The van der Waals surface area contributed by atoms with Crippen LogP contribution in [0.15, 0.2) is 42.7 Å². The van der Waals surface area contributed by atoms with E-state index in [-0.39, 0.29) is 24.0 Å². The van der Waals surface area contributed by atoms with Gasteiger partial charge in [-0.05, 0) is 56.5 Å². The standard InChI is InChI=1S/C21H28N4O2/c1-6-19(17-8-7-11-22-13-17)25(5)21(27)24-18-12-16(10-9-15(18)4)20(26)23-14(2)3/h7-14,19H,6H2,1-5H3,(H,23,26)(H,24,27)/t19-/m1/s1. The maximum Gasteiger partial charge on any atom is 0.322 e. The number of benzene rings is 1. The van der Waals surface area contributed by atoms with Crippen LogP contribution >= 0.6 is 0 Å². The second-order valence-electron chi connectivity index (χ2n) is 6.91. The Kier molecular flexibility index (Phi) is 6.93. The number of aromatic nitrogens is 1. The molecular weight excluding hydrogens is 340 g/mol. The van der Waals surface area contributed by atoms with Crippen LogP contribution in [0.4, 0.5) is 10.5 Å². The molecule has 144 valence electrons. The molecule has 6 heteroatoms. The first-order chi connectivity index (χ1) is 12.8. The molecule has 3 amide bonds. The lowest BCUT2D eigenvalue weighted by Crippen LogP contribution is -2.35. The van der Waals surface area contributed by atoms with Crippen molar-refractivity contribution < 1.29 is 9.59 Å². The maximum atomic E-state index is 12.8. The number of rotatable bonds is 6. The Hall–Kier alpha value is -2.89. The Morgan fingerprint density at radius 3 is 2.56 bits per heavy atom. The molecule has 0 spiro atoms. The van der Waals surface area contributed by atoms with E-state index in [0.29, 0.717) is 11.3 Å². The monoisotopic (exact) mass is 368 g/mol. The lowest BCUT2D eigenvalue weighted by molar-refractivity contribution is 0.0943. The Morgan fingerprint density at radius 2 is 1.96 bits per heavy atom. The number of nitrogens with zero attached hydrogens (tertiary/aromatic N) is 2. The van der Waals surface area contributed by atoms with Crippen LogP contribution < -0.4 is 10.6 Å². The summed E-state index contributed by atoms with van der Waals surface area (Å²) in [6.45, 7) is 7.75. The second kappa shape index (κ2) is 9.16. The van der Waals surface area contributed by atoms with Crippen LogP contribution in [0, 0.1) is 6.92 Å². The first kappa shape index (κ1) is 20.4. The average molecular weight is 368 g/mol. The van der Waals surface area contributed by atoms with Crippen LogP contribution in [0.2, 0.25) is 0 Å². The molecule has 6 nitrogen and oxygen atoms in total. The minimum absolute atomic E-state index is 0.0489. The van der Waals surface area contributed by atoms with Crippen LogP contribution in [0.25, 0.3) is 0 Å². The van der Waals surface area contributed by atoms with Crippen LogP contribution in [0.1, 0.15) is 54.7 Å². The molecule has 2 N–H and O–H groups in total. The zero-order valence-corrected chi connectivity index (χ0v) is 16.6. The number of pyridine rings is 1. The fraction of sp³-hybridized carbons (Fsp3) is 0.381. The van der Waals surface area contributed by atoms with Crippen LogP contribution in [-0.4, -0.2) is 34.9 Å². The molecule has 0 saturated carbocycles. The molecule has 27 heavy (non-hydrogen) atoms. The fourth-order valence-corrected chi connectivity index (χ4v) is 2.89. The third-order valence-corrected chi connectivity index (χ3v) is 4.40. The quantitative estimate of drug-likeness (QED) is 0.804. The largest absolute Gasteiger partial charge is 0.350 e. The second-order valence-corrected chi connectivity index (χ2v) is 6.91. The van der Waals surface area contributed by atoms with Crippen LogP contribution in [0.3, 0.4) is 0 Å². The molecule has 1 aromatic heterocycles. The molecule has 1 atom stereocenters. The number of aryl methyl sites for hydroxylation is 1. The molecule has 0 aliphatic rings. The molecule has 0 aliphatic heterocycles. The number of anilines is 1. The Bertz CT molecular complexity index is 790. The smallest absolute Gasteiger partial charge is 0.322 e. The molecule has 0 unspecified atom stereocenters. The van der Waals surface area contributed by atoms with Crippen molar-refractivity contribution >= 4 is 17.6 Å². The van der Waals surface area contributed by atoms with E-state index in [0.717, 1.165) is 17.5 Å². The molecule has 0 bridgehead atoms. The van der Waals surface area contributed by atoms with Crippen molar-refractivity contribution in [1.29, 1.82) is 0 Å². The summed E-state index contributed by atoms with van der Waals surface area (Å²) >= 11 is 0. The van der Waals surface area contributed by atoms with Gasteiger partial charge in [0, 0.05) is 36.7 Å². The number of urea groups is 1. The Morgan fingerprint density at radius 1 is 1.22 bits per heavy atom. The van der Waals surface area contributed by atoms with Crippen molar-refractivity contribution in [3.8, 4) is 0 Å². The highest BCUT2D eigenvalue weighted by molar-refractivity contribution is 5.97. The van der Waals surface area contributed by atoms with Gasteiger partial charge < -0.3 is 15.5 Å². The molecule has 0 fully saturated rings. The van der Waals surface area contributed by atoms with Gasteiger partial charge in [-0.2, -0.15) is 0 Å². The van der Waals surface area contributed by atoms with E-state index in [2.05, 4.69) is 15.6 Å². The normalized spacial score (nSPS) is 11.8. The minimum Gasteiger partial charge on any atom is -0.350 e. The summed E-state index contributed by atoms with van der Waals surface area (Å²) in [5.74, 6) is -0.157. The van der Waals surface area contributed by atoms with Crippen molar-refractivity contribution in [2.75, 3.05) is 12.4 Å². The van der Waals surface area contributed by atoms with Gasteiger partial charge in [0.25, 0.3) is 5.91 Å². The van der Waals surface area contributed by atoms with Crippen molar-refractivity contribution in [2.45, 2.75) is 46.2 Å². The van der Waals surface area contributed by atoms with Crippen molar-refractivity contribution in [3.05, 3.63) is 59.4 Å².